The van der Waals surface area contributed by atoms with Crippen LogP contribution >= 0.6 is 11.3 Å². The van der Waals surface area contributed by atoms with Gasteiger partial charge in [-0.25, -0.2) is 13.8 Å². The lowest BCUT2D eigenvalue weighted by molar-refractivity contribution is 0.180. The first-order chi connectivity index (χ1) is 8.06. The predicted octanol–water partition coefficient (Wildman–Crippen LogP) is 3.01. The first-order valence-corrected chi connectivity index (χ1v) is 5.92. The van der Waals surface area contributed by atoms with Crippen molar-refractivity contribution in [3.8, 4) is 0 Å². The van der Waals surface area contributed by atoms with Gasteiger partial charge in [-0.05, 0) is 30.7 Å². The number of nitrogens with zero attached hydrogens (tertiary/aromatic N) is 1. The number of thiazole rings is 1. The molecule has 0 radical (unpaired) electrons. The van der Waals surface area contributed by atoms with Gasteiger partial charge >= 0.3 is 0 Å². The van der Waals surface area contributed by atoms with E-state index in [2.05, 4.69) is 4.98 Å². The summed E-state index contributed by atoms with van der Waals surface area (Å²) in [7, 11) is 0. The summed E-state index contributed by atoms with van der Waals surface area (Å²) in [6, 6.07) is 3.23. The van der Waals surface area contributed by atoms with Gasteiger partial charge in [-0.1, -0.05) is 0 Å². The fourth-order valence-electron chi connectivity index (χ4n) is 1.54. The molecule has 2 aromatic rings. The van der Waals surface area contributed by atoms with Gasteiger partial charge in [-0.3, -0.25) is 0 Å². The second-order valence-corrected chi connectivity index (χ2v) is 5.00. The van der Waals surface area contributed by atoms with Crippen molar-refractivity contribution in [3.63, 3.8) is 0 Å². The van der Waals surface area contributed by atoms with Crippen molar-refractivity contribution in [2.75, 3.05) is 0 Å². The molecule has 1 N–H and O–H groups in total. The molecule has 1 heterocycles. The molecule has 1 atom stereocenters. The zero-order chi connectivity index (χ0) is 12.4. The molecule has 0 bridgehead atoms. The quantitative estimate of drug-likeness (QED) is 0.914. The van der Waals surface area contributed by atoms with Crippen LogP contribution in [0.2, 0.25) is 0 Å². The van der Waals surface area contributed by atoms with Crippen LogP contribution in [0.15, 0.2) is 24.4 Å². The summed E-state index contributed by atoms with van der Waals surface area (Å²) < 4.78 is 26.3. The monoisotopic (exact) mass is 255 g/mol. The third kappa shape index (κ3) is 2.87. The van der Waals surface area contributed by atoms with E-state index in [-0.39, 0.29) is 12.0 Å². The molecule has 0 amide bonds. The van der Waals surface area contributed by atoms with E-state index in [1.807, 2.05) is 6.92 Å². The van der Waals surface area contributed by atoms with Crippen molar-refractivity contribution >= 4 is 11.3 Å². The van der Waals surface area contributed by atoms with E-state index in [0.29, 0.717) is 4.88 Å². The van der Waals surface area contributed by atoms with Gasteiger partial charge in [0.05, 0.1) is 16.0 Å². The average molecular weight is 255 g/mol. The molecule has 17 heavy (non-hydrogen) atoms. The third-order valence-corrected chi connectivity index (χ3v) is 3.40. The van der Waals surface area contributed by atoms with Crippen molar-refractivity contribution < 1.29 is 13.9 Å². The Balaban J connectivity index is 2.18. The number of aliphatic hydroxyl groups excluding tert-OH is 1. The van der Waals surface area contributed by atoms with Gasteiger partial charge in [0.25, 0.3) is 0 Å². The molecule has 90 valence electrons. The minimum atomic E-state index is -0.850. The third-order valence-electron chi connectivity index (χ3n) is 2.39. The molecule has 2 rings (SSSR count). The van der Waals surface area contributed by atoms with Crippen LogP contribution in [0.5, 0.6) is 0 Å². The highest BCUT2D eigenvalue weighted by atomic mass is 32.1. The standard InChI is InChI=1S/C12H11F2NOS/c1-7-15-6-12(17-7)11(16)5-8-4-9(13)2-3-10(8)14/h2-4,6,11,16H,5H2,1H3. The summed E-state index contributed by atoms with van der Waals surface area (Å²) >= 11 is 1.35. The molecule has 2 nitrogen and oxygen atoms in total. The fourth-order valence-corrected chi connectivity index (χ4v) is 2.31. The molecule has 0 aliphatic rings. The number of rotatable bonds is 3. The van der Waals surface area contributed by atoms with Gasteiger partial charge in [0.2, 0.25) is 0 Å². The van der Waals surface area contributed by atoms with Gasteiger partial charge in [0, 0.05) is 12.6 Å². The Kier molecular flexibility index (Phi) is 3.49. The molecule has 5 heteroatoms. The van der Waals surface area contributed by atoms with E-state index in [0.717, 1.165) is 23.2 Å². The largest absolute Gasteiger partial charge is 0.387 e. The highest BCUT2D eigenvalue weighted by Gasteiger charge is 2.14. The number of benzene rings is 1. The maximum Gasteiger partial charge on any atom is 0.126 e. The molecule has 0 saturated heterocycles. The minimum Gasteiger partial charge on any atom is -0.387 e. The summed E-state index contributed by atoms with van der Waals surface area (Å²) in [6.07, 6.45) is 0.755. The van der Waals surface area contributed by atoms with Gasteiger partial charge in [0.15, 0.2) is 0 Å². The zero-order valence-electron chi connectivity index (χ0n) is 9.15. The van der Waals surface area contributed by atoms with E-state index >= 15 is 0 Å². The SMILES string of the molecule is Cc1ncc(C(O)Cc2cc(F)ccc2F)s1. The van der Waals surface area contributed by atoms with Crippen molar-refractivity contribution in [1.82, 2.24) is 4.98 Å². The first kappa shape index (κ1) is 12.1. The Morgan fingerprint density at radius 3 is 2.82 bits per heavy atom. The summed E-state index contributed by atoms with van der Waals surface area (Å²) in [6.45, 7) is 1.82. The Bertz CT molecular complexity index is 527. The molecular formula is C12H11F2NOS. The van der Waals surface area contributed by atoms with Crippen molar-refractivity contribution in [2.45, 2.75) is 19.4 Å². The molecule has 0 fully saturated rings. The molecule has 1 unspecified atom stereocenters. The Morgan fingerprint density at radius 1 is 1.41 bits per heavy atom. The van der Waals surface area contributed by atoms with Crippen LogP contribution < -0.4 is 0 Å². The van der Waals surface area contributed by atoms with Gasteiger partial charge in [-0.2, -0.15) is 0 Å². The van der Waals surface area contributed by atoms with Crippen LogP contribution in [0.1, 0.15) is 21.6 Å². The van der Waals surface area contributed by atoms with E-state index < -0.39 is 17.7 Å². The van der Waals surface area contributed by atoms with Crippen LogP contribution in [-0.2, 0) is 6.42 Å². The normalized spacial score (nSPS) is 12.7. The Morgan fingerprint density at radius 2 is 2.18 bits per heavy atom. The van der Waals surface area contributed by atoms with Crippen LogP contribution in [0.4, 0.5) is 8.78 Å². The molecular weight excluding hydrogens is 244 g/mol. The second kappa shape index (κ2) is 4.89. The van der Waals surface area contributed by atoms with Gasteiger partial charge < -0.3 is 5.11 Å². The number of halogens is 2. The predicted molar refractivity (Wildman–Crippen MR) is 61.9 cm³/mol. The van der Waals surface area contributed by atoms with Crippen LogP contribution in [0.25, 0.3) is 0 Å². The Labute approximate surface area is 102 Å². The molecule has 0 spiro atoms. The van der Waals surface area contributed by atoms with Gasteiger partial charge in [-0.15, -0.1) is 11.3 Å². The molecule has 1 aromatic carbocycles. The van der Waals surface area contributed by atoms with Crippen molar-refractivity contribution in [1.29, 1.82) is 0 Å². The lowest BCUT2D eigenvalue weighted by Gasteiger charge is -2.08. The minimum absolute atomic E-state index is 0.0469. The maximum absolute atomic E-state index is 13.4. The molecule has 0 aliphatic heterocycles. The number of aryl methyl sites for hydroxylation is 1. The number of hydrogen-bond acceptors (Lipinski definition) is 3. The van der Waals surface area contributed by atoms with Crippen molar-refractivity contribution in [3.05, 3.63) is 51.5 Å². The summed E-state index contributed by atoms with van der Waals surface area (Å²) in [5.74, 6) is -1.01. The van der Waals surface area contributed by atoms with Gasteiger partial charge in [0.1, 0.15) is 11.6 Å². The fraction of sp³-hybridized carbons (Fsp3) is 0.250. The van der Waals surface area contributed by atoms with E-state index in [4.69, 9.17) is 0 Å². The molecule has 0 aliphatic carbocycles. The first-order valence-electron chi connectivity index (χ1n) is 5.10. The van der Waals surface area contributed by atoms with E-state index in [9.17, 15) is 13.9 Å². The number of hydrogen-bond donors (Lipinski definition) is 1. The van der Waals surface area contributed by atoms with Crippen LogP contribution in [0.3, 0.4) is 0 Å². The second-order valence-electron chi connectivity index (χ2n) is 3.74. The molecule has 1 aromatic heterocycles. The summed E-state index contributed by atoms with van der Waals surface area (Å²) in [4.78, 5) is 4.67. The smallest absolute Gasteiger partial charge is 0.126 e. The van der Waals surface area contributed by atoms with Crippen LogP contribution in [0, 0.1) is 18.6 Å². The zero-order valence-corrected chi connectivity index (χ0v) is 9.97. The molecule has 0 saturated carbocycles. The number of aliphatic hydroxyl groups is 1. The highest BCUT2D eigenvalue weighted by molar-refractivity contribution is 7.11. The highest BCUT2D eigenvalue weighted by Crippen LogP contribution is 2.24. The van der Waals surface area contributed by atoms with Crippen molar-refractivity contribution in [2.24, 2.45) is 0 Å². The maximum atomic E-state index is 13.4. The summed E-state index contributed by atoms with van der Waals surface area (Å²) in [5, 5.41) is 10.7. The van der Waals surface area contributed by atoms with E-state index in [1.165, 1.54) is 11.3 Å². The number of aromatic nitrogens is 1. The summed E-state index contributed by atoms with van der Waals surface area (Å²) in [5.41, 5.74) is 0.170. The average Bonchev–Trinajstić information content (AvgIpc) is 2.70. The Hall–Kier alpha value is -1.33. The lowest BCUT2D eigenvalue weighted by atomic mass is 10.1. The topological polar surface area (TPSA) is 33.1 Å². The van der Waals surface area contributed by atoms with E-state index in [1.54, 1.807) is 6.20 Å². The lowest BCUT2D eigenvalue weighted by Crippen LogP contribution is -2.02. The van der Waals surface area contributed by atoms with Crippen LogP contribution in [-0.4, -0.2) is 10.1 Å².